The summed E-state index contributed by atoms with van der Waals surface area (Å²) in [5.41, 5.74) is 3.13. The van der Waals surface area contributed by atoms with Gasteiger partial charge in [0.1, 0.15) is 17.7 Å². The van der Waals surface area contributed by atoms with Gasteiger partial charge < -0.3 is 19.7 Å². The molecule has 0 bridgehead atoms. The number of methoxy groups -OCH3 is 1. The fraction of sp³-hybridized carbons (Fsp3) is 0.292. The van der Waals surface area contributed by atoms with E-state index in [4.69, 9.17) is 9.47 Å². The van der Waals surface area contributed by atoms with Crippen LogP contribution in [-0.2, 0) is 16.1 Å². The lowest BCUT2D eigenvalue weighted by molar-refractivity contribution is -0.113. The van der Waals surface area contributed by atoms with Crippen LogP contribution in [0.25, 0.3) is 0 Å². The van der Waals surface area contributed by atoms with Gasteiger partial charge >= 0.3 is 12.1 Å². The van der Waals surface area contributed by atoms with Crippen LogP contribution in [0.3, 0.4) is 0 Å². The van der Waals surface area contributed by atoms with Crippen molar-refractivity contribution in [3.05, 3.63) is 71.6 Å². The van der Waals surface area contributed by atoms with Gasteiger partial charge in [-0.15, -0.1) is 4.99 Å². The standard InChI is InChI=1S/C24H26N4O4/c1-16(2)18-7-9-19(10-8-18)25-22(29)21-15-32-24-26-23(30)27(11-12-28(21)24)14-17-5-4-6-20(13-17)31-3/h4-10,13,15-16H,11-12,14H2,1-3H3,(H,25,29). The zero-order chi connectivity index (χ0) is 22.7. The Morgan fingerprint density at radius 1 is 1.19 bits per heavy atom. The molecule has 2 aromatic carbocycles. The predicted octanol–water partition coefficient (Wildman–Crippen LogP) is 3.92. The molecular formula is C24H26N4O4. The third-order valence-corrected chi connectivity index (χ3v) is 5.43. The quantitative estimate of drug-likeness (QED) is 0.745. The van der Waals surface area contributed by atoms with Crippen molar-refractivity contribution < 1.29 is 19.1 Å². The van der Waals surface area contributed by atoms with Crippen LogP contribution >= 0.6 is 0 Å². The van der Waals surface area contributed by atoms with Crippen molar-refractivity contribution in [2.24, 2.45) is 4.99 Å². The Kier molecular flexibility index (Phi) is 6.11. The first kappa shape index (κ1) is 21.4. The number of anilines is 1. The normalized spacial score (nSPS) is 15.6. The van der Waals surface area contributed by atoms with E-state index >= 15 is 0 Å². The Bertz CT molecular complexity index is 1080. The minimum Gasteiger partial charge on any atom is -0.497 e. The Balaban J connectivity index is 1.42. The molecule has 8 heteroatoms. The Morgan fingerprint density at radius 3 is 2.69 bits per heavy atom. The van der Waals surface area contributed by atoms with E-state index in [1.807, 2.05) is 48.5 Å². The molecule has 4 rings (SSSR count). The summed E-state index contributed by atoms with van der Waals surface area (Å²) in [5, 5.41) is 2.88. The number of nitrogens with zero attached hydrogens (tertiary/aromatic N) is 3. The molecule has 0 aliphatic carbocycles. The molecule has 1 N–H and O–H groups in total. The molecule has 0 saturated carbocycles. The largest absolute Gasteiger partial charge is 0.497 e. The second-order valence-corrected chi connectivity index (χ2v) is 7.95. The fourth-order valence-corrected chi connectivity index (χ4v) is 3.57. The summed E-state index contributed by atoms with van der Waals surface area (Å²) in [7, 11) is 1.60. The van der Waals surface area contributed by atoms with Gasteiger partial charge in [-0.05, 0) is 41.3 Å². The van der Waals surface area contributed by atoms with Gasteiger partial charge in [-0.3, -0.25) is 9.69 Å². The lowest BCUT2D eigenvalue weighted by atomic mass is 10.0. The van der Waals surface area contributed by atoms with E-state index in [1.54, 1.807) is 16.9 Å². The third kappa shape index (κ3) is 4.59. The van der Waals surface area contributed by atoms with E-state index < -0.39 is 6.03 Å². The summed E-state index contributed by atoms with van der Waals surface area (Å²) in [4.78, 5) is 32.8. The Labute approximate surface area is 187 Å². The van der Waals surface area contributed by atoms with E-state index in [0.717, 1.165) is 11.3 Å². The van der Waals surface area contributed by atoms with Crippen molar-refractivity contribution in [3.63, 3.8) is 0 Å². The highest BCUT2D eigenvalue weighted by Crippen LogP contribution is 2.23. The van der Waals surface area contributed by atoms with E-state index in [1.165, 1.54) is 11.8 Å². The van der Waals surface area contributed by atoms with Gasteiger partial charge in [-0.2, -0.15) is 0 Å². The molecule has 8 nitrogen and oxygen atoms in total. The van der Waals surface area contributed by atoms with Crippen LogP contribution in [0.2, 0.25) is 0 Å². The van der Waals surface area contributed by atoms with Crippen LogP contribution in [0.1, 0.15) is 30.9 Å². The van der Waals surface area contributed by atoms with Crippen LogP contribution in [-0.4, -0.2) is 48.0 Å². The zero-order valence-electron chi connectivity index (χ0n) is 18.4. The average molecular weight is 434 g/mol. The highest BCUT2D eigenvalue weighted by atomic mass is 16.5. The second-order valence-electron chi connectivity index (χ2n) is 7.95. The van der Waals surface area contributed by atoms with Crippen molar-refractivity contribution in [1.29, 1.82) is 0 Å². The Hall–Kier alpha value is -3.81. The highest BCUT2D eigenvalue weighted by Gasteiger charge is 2.33. The topological polar surface area (TPSA) is 83.5 Å². The molecule has 32 heavy (non-hydrogen) atoms. The van der Waals surface area contributed by atoms with Crippen LogP contribution in [0.15, 0.2) is 65.5 Å². The molecule has 3 amide bonds. The minimum atomic E-state index is -0.412. The molecule has 2 aromatic rings. The average Bonchev–Trinajstić information content (AvgIpc) is 3.12. The van der Waals surface area contributed by atoms with Gasteiger partial charge in [-0.25, -0.2) is 4.79 Å². The number of nitrogens with one attached hydrogen (secondary N) is 1. The number of fused-ring (bicyclic) bond motifs is 1. The van der Waals surface area contributed by atoms with Gasteiger partial charge in [-0.1, -0.05) is 38.1 Å². The summed E-state index contributed by atoms with van der Waals surface area (Å²) in [6, 6.07) is 15.0. The smallest absolute Gasteiger partial charge is 0.348 e. The molecular weight excluding hydrogens is 408 g/mol. The van der Waals surface area contributed by atoms with Crippen LogP contribution in [0.5, 0.6) is 5.75 Å². The van der Waals surface area contributed by atoms with Crippen molar-refractivity contribution in [3.8, 4) is 5.75 Å². The first-order chi connectivity index (χ1) is 15.4. The van der Waals surface area contributed by atoms with Crippen molar-refractivity contribution in [1.82, 2.24) is 9.80 Å². The van der Waals surface area contributed by atoms with Crippen LogP contribution < -0.4 is 10.1 Å². The molecule has 0 unspecified atom stereocenters. The summed E-state index contributed by atoms with van der Waals surface area (Å²) < 4.78 is 10.7. The number of aliphatic imine (C=N–C) groups is 1. The first-order valence-electron chi connectivity index (χ1n) is 10.5. The van der Waals surface area contributed by atoms with Crippen LogP contribution in [0, 0.1) is 0 Å². The summed E-state index contributed by atoms with van der Waals surface area (Å²) >= 11 is 0. The van der Waals surface area contributed by atoms with Gasteiger partial charge in [0.25, 0.3) is 5.91 Å². The maximum absolute atomic E-state index is 12.9. The predicted molar refractivity (Wildman–Crippen MR) is 121 cm³/mol. The lowest BCUT2D eigenvalue weighted by Crippen LogP contribution is -2.36. The summed E-state index contributed by atoms with van der Waals surface area (Å²) in [6.07, 6.45) is 1.33. The van der Waals surface area contributed by atoms with Crippen molar-refractivity contribution in [2.45, 2.75) is 26.3 Å². The van der Waals surface area contributed by atoms with E-state index in [0.29, 0.717) is 36.9 Å². The summed E-state index contributed by atoms with van der Waals surface area (Å²) in [5.74, 6) is 0.823. The number of amides is 3. The Morgan fingerprint density at radius 2 is 1.97 bits per heavy atom. The fourth-order valence-electron chi connectivity index (χ4n) is 3.57. The molecule has 0 saturated heterocycles. The number of carbonyl (C=O) groups is 2. The van der Waals surface area contributed by atoms with Crippen LogP contribution in [0.4, 0.5) is 10.5 Å². The van der Waals surface area contributed by atoms with E-state index in [2.05, 4.69) is 24.2 Å². The molecule has 0 atom stereocenters. The maximum Gasteiger partial charge on any atom is 0.348 e. The second kappa shape index (κ2) is 9.13. The highest BCUT2D eigenvalue weighted by molar-refractivity contribution is 6.08. The van der Waals surface area contributed by atoms with Gasteiger partial charge in [0.05, 0.1) is 7.11 Å². The number of ether oxygens (including phenoxy) is 2. The number of urea groups is 1. The van der Waals surface area contributed by atoms with Crippen molar-refractivity contribution >= 4 is 23.6 Å². The molecule has 0 aromatic heterocycles. The zero-order valence-corrected chi connectivity index (χ0v) is 18.4. The first-order valence-corrected chi connectivity index (χ1v) is 10.5. The number of benzene rings is 2. The minimum absolute atomic E-state index is 0.114. The SMILES string of the molecule is COc1cccc(CN2CCN3C(C(=O)Nc4ccc(C(C)C)cc4)=COC3=NC2=O)c1. The van der Waals surface area contributed by atoms with Gasteiger partial charge in [0, 0.05) is 25.3 Å². The number of hydrogen-bond acceptors (Lipinski definition) is 5. The molecule has 0 fully saturated rings. The molecule has 2 heterocycles. The lowest BCUT2D eigenvalue weighted by Gasteiger charge is -2.21. The number of rotatable bonds is 6. The number of hydrogen-bond donors (Lipinski definition) is 1. The monoisotopic (exact) mass is 434 g/mol. The summed E-state index contributed by atoms with van der Waals surface area (Å²) in [6.45, 7) is 5.40. The van der Waals surface area contributed by atoms with E-state index in [-0.39, 0.29) is 11.9 Å². The molecule has 2 aliphatic heterocycles. The molecule has 0 radical (unpaired) electrons. The van der Waals surface area contributed by atoms with Crippen molar-refractivity contribution in [2.75, 3.05) is 25.5 Å². The maximum atomic E-state index is 12.9. The van der Waals surface area contributed by atoms with Gasteiger partial charge in [0.2, 0.25) is 0 Å². The van der Waals surface area contributed by atoms with Gasteiger partial charge in [0.15, 0.2) is 0 Å². The molecule has 166 valence electrons. The number of amidine groups is 1. The third-order valence-electron chi connectivity index (χ3n) is 5.43. The molecule has 2 aliphatic rings. The molecule has 0 spiro atoms. The number of carbonyl (C=O) groups excluding carboxylic acids is 2. The van der Waals surface area contributed by atoms with E-state index in [9.17, 15) is 9.59 Å².